The molecule has 96 valence electrons. The number of rotatable bonds is 4. The van der Waals surface area contributed by atoms with Gasteiger partial charge in [-0.2, -0.15) is 4.98 Å². The molecule has 1 aliphatic rings. The number of ether oxygens (including phenoxy) is 1. The highest BCUT2D eigenvalue weighted by molar-refractivity contribution is 5.01. The van der Waals surface area contributed by atoms with Crippen molar-refractivity contribution in [2.45, 2.75) is 57.1 Å². The van der Waals surface area contributed by atoms with Crippen LogP contribution in [0.15, 0.2) is 4.52 Å². The molecule has 5 heteroatoms. The Hall–Kier alpha value is -0.940. The molecular weight excluding hydrogens is 218 g/mol. The molecule has 3 unspecified atom stereocenters. The molecule has 0 amide bonds. The first-order chi connectivity index (χ1) is 8.20. The zero-order chi connectivity index (χ0) is 12.3. The van der Waals surface area contributed by atoms with Crippen LogP contribution in [0.5, 0.6) is 0 Å². The summed E-state index contributed by atoms with van der Waals surface area (Å²) in [6.07, 6.45) is 5.31. The van der Waals surface area contributed by atoms with Gasteiger partial charge in [0.15, 0.2) is 5.82 Å². The second-order valence-corrected chi connectivity index (χ2v) is 4.85. The van der Waals surface area contributed by atoms with Crippen LogP contribution in [0, 0.1) is 0 Å². The summed E-state index contributed by atoms with van der Waals surface area (Å²) in [5.74, 6) is 1.66. The normalized spacial score (nSPS) is 27.0. The number of nitrogens with two attached hydrogens (primary N) is 1. The minimum atomic E-state index is 0.112. The first-order valence-corrected chi connectivity index (χ1v) is 6.31. The van der Waals surface area contributed by atoms with Gasteiger partial charge in [-0.3, -0.25) is 0 Å². The van der Waals surface area contributed by atoms with Gasteiger partial charge in [0.05, 0.1) is 12.0 Å². The monoisotopic (exact) mass is 239 g/mol. The Balaban J connectivity index is 2.01. The van der Waals surface area contributed by atoms with Gasteiger partial charge in [-0.25, -0.2) is 0 Å². The molecule has 1 saturated carbocycles. The van der Waals surface area contributed by atoms with Crippen LogP contribution in [-0.2, 0) is 11.2 Å². The highest BCUT2D eigenvalue weighted by atomic mass is 16.5. The molecule has 2 N–H and O–H groups in total. The summed E-state index contributed by atoms with van der Waals surface area (Å²) in [6.45, 7) is 1.99. The van der Waals surface area contributed by atoms with Crippen LogP contribution >= 0.6 is 0 Å². The van der Waals surface area contributed by atoms with Crippen LogP contribution in [0.1, 0.15) is 50.2 Å². The fourth-order valence-electron chi connectivity index (χ4n) is 2.31. The van der Waals surface area contributed by atoms with Crippen molar-refractivity contribution in [2.24, 2.45) is 5.73 Å². The van der Waals surface area contributed by atoms with Crippen molar-refractivity contribution >= 4 is 0 Å². The molecule has 1 fully saturated rings. The van der Waals surface area contributed by atoms with E-state index in [1.807, 2.05) is 6.92 Å². The quantitative estimate of drug-likeness (QED) is 0.864. The van der Waals surface area contributed by atoms with Crippen LogP contribution in [0.2, 0.25) is 0 Å². The lowest BCUT2D eigenvalue weighted by atomic mass is 9.85. The summed E-state index contributed by atoms with van der Waals surface area (Å²) in [5, 5.41) is 3.99. The van der Waals surface area contributed by atoms with E-state index in [1.165, 1.54) is 12.8 Å². The molecule has 0 radical (unpaired) electrons. The van der Waals surface area contributed by atoms with E-state index in [2.05, 4.69) is 10.1 Å². The second kappa shape index (κ2) is 5.60. The summed E-state index contributed by atoms with van der Waals surface area (Å²) in [7, 11) is 1.68. The Bertz CT molecular complexity index is 353. The van der Waals surface area contributed by atoms with Gasteiger partial charge in [-0.05, 0) is 19.8 Å². The first kappa shape index (κ1) is 12.5. The molecular formula is C12H21N3O2. The van der Waals surface area contributed by atoms with Crippen LogP contribution in [0.3, 0.4) is 0 Å². The maximum Gasteiger partial charge on any atom is 0.231 e. The number of nitrogens with zero attached hydrogens (tertiary/aromatic N) is 2. The Kier molecular flexibility index (Phi) is 4.12. The maximum absolute atomic E-state index is 6.10. The van der Waals surface area contributed by atoms with Gasteiger partial charge < -0.3 is 15.0 Å². The van der Waals surface area contributed by atoms with Crippen LogP contribution in [0.25, 0.3) is 0 Å². The van der Waals surface area contributed by atoms with E-state index in [1.54, 1.807) is 7.11 Å². The van der Waals surface area contributed by atoms with Crippen molar-refractivity contribution in [1.29, 1.82) is 0 Å². The number of methoxy groups -OCH3 is 1. The Morgan fingerprint density at radius 2 is 2.24 bits per heavy atom. The molecule has 3 atom stereocenters. The average molecular weight is 239 g/mol. The van der Waals surface area contributed by atoms with E-state index in [-0.39, 0.29) is 18.1 Å². The molecule has 2 rings (SSSR count). The highest BCUT2D eigenvalue weighted by Crippen LogP contribution is 2.30. The lowest BCUT2D eigenvalue weighted by Crippen LogP contribution is -2.31. The first-order valence-electron chi connectivity index (χ1n) is 6.31. The Morgan fingerprint density at radius 1 is 1.47 bits per heavy atom. The van der Waals surface area contributed by atoms with Crippen molar-refractivity contribution in [2.75, 3.05) is 7.11 Å². The second-order valence-electron chi connectivity index (χ2n) is 4.85. The molecule has 17 heavy (non-hydrogen) atoms. The lowest BCUT2D eigenvalue weighted by Gasteiger charge is -2.25. The largest absolute Gasteiger partial charge is 0.381 e. The predicted molar refractivity (Wildman–Crippen MR) is 63.7 cm³/mol. The summed E-state index contributed by atoms with van der Waals surface area (Å²) in [6, 6.07) is 0.164. The standard InChI is InChI=1S/C12H21N3O2/c1-8(16-2)7-11-14-12(17-15-11)9-5-3-4-6-10(9)13/h8-10H,3-7,13H2,1-2H3. The minimum absolute atomic E-state index is 0.112. The summed E-state index contributed by atoms with van der Waals surface area (Å²) in [5.41, 5.74) is 6.10. The van der Waals surface area contributed by atoms with Gasteiger partial charge >= 0.3 is 0 Å². The molecule has 1 aromatic heterocycles. The molecule has 0 aromatic carbocycles. The lowest BCUT2D eigenvalue weighted by molar-refractivity contribution is 0.116. The third-order valence-corrected chi connectivity index (χ3v) is 3.49. The molecule has 0 spiro atoms. The maximum atomic E-state index is 6.10. The van der Waals surface area contributed by atoms with E-state index in [0.29, 0.717) is 18.1 Å². The fourth-order valence-corrected chi connectivity index (χ4v) is 2.31. The van der Waals surface area contributed by atoms with E-state index in [0.717, 1.165) is 12.8 Å². The van der Waals surface area contributed by atoms with Crippen LogP contribution in [0.4, 0.5) is 0 Å². The summed E-state index contributed by atoms with van der Waals surface area (Å²) < 4.78 is 10.5. The van der Waals surface area contributed by atoms with Gasteiger partial charge in [-0.1, -0.05) is 18.0 Å². The molecule has 0 bridgehead atoms. The van der Waals surface area contributed by atoms with E-state index in [4.69, 9.17) is 15.0 Å². The van der Waals surface area contributed by atoms with Gasteiger partial charge in [0, 0.05) is 19.6 Å². The van der Waals surface area contributed by atoms with Crippen LogP contribution in [-0.4, -0.2) is 29.4 Å². The van der Waals surface area contributed by atoms with Crippen molar-refractivity contribution in [3.05, 3.63) is 11.7 Å². The number of aromatic nitrogens is 2. The number of hydrogen-bond donors (Lipinski definition) is 1. The smallest absolute Gasteiger partial charge is 0.231 e. The third kappa shape index (κ3) is 3.04. The van der Waals surface area contributed by atoms with Gasteiger partial charge in [0.25, 0.3) is 0 Å². The van der Waals surface area contributed by atoms with Crippen molar-refractivity contribution in [3.8, 4) is 0 Å². The van der Waals surface area contributed by atoms with Crippen molar-refractivity contribution in [1.82, 2.24) is 10.1 Å². The molecule has 0 aliphatic heterocycles. The van der Waals surface area contributed by atoms with Crippen molar-refractivity contribution < 1.29 is 9.26 Å². The van der Waals surface area contributed by atoms with E-state index >= 15 is 0 Å². The molecule has 0 saturated heterocycles. The highest BCUT2D eigenvalue weighted by Gasteiger charge is 2.28. The molecule has 1 heterocycles. The van der Waals surface area contributed by atoms with E-state index in [9.17, 15) is 0 Å². The van der Waals surface area contributed by atoms with E-state index < -0.39 is 0 Å². The van der Waals surface area contributed by atoms with Gasteiger partial charge in [0.1, 0.15) is 0 Å². The zero-order valence-electron chi connectivity index (χ0n) is 10.6. The summed E-state index contributed by atoms with van der Waals surface area (Å²) in [4.78, 5) is 4.43. The van der Waals surface area contributed by atoms with Gasteiger partial charge in [0.2, 0.25) is 5.89 Å². The Morgan fingerprint density at radius 3 is 2.94 bits per heavy atom. The average Bonchev–Trinajstić information content (AvgIpc) is 2.78. The van der Waals surface area contributed by atoms with Crippen LogP contribution < -0.4 is 5.73 Å². The summed E-state index contributed by atoms with van der Waals surface area (Å²) >= 11 is 0. The third-order valence-electron chi connectivity index (χ3n) is 3.49. The predicted octanol–water partition coefficient (Wildman–Crippen LogP) is 1.63. The molecule has 5 nitrogen and oxygen atoms in total. The molecule has 1 aromatic rings. The SMILES string of the molecule is COC(C)Cc1noc(C2CCCCC2N)n1. The minimum Gasteiger partial charge on any atom is -0.381 e. The van der Waals surface area contributed by atoms with Crippen molar-refractivity contribution in [3.63, 3.8) is 0 Å². The molecule has 1 aliphatic carbocycles. The van der Waals surface area contributed by atoms with Gasteiger partial charge in [-0.15, -0.1) is 0 Å². The zero-order valence-corrected chi connectivity index (χ0v) is 10.6. The Labute approximate surface area is 102 Å². The fraction of sp³-hybridized carbons (Fsp3) is 0.833. The number of hydrogen-bond acceptors (Lipinski definition) is 5. The topological polar surface area (TPSA) is 74.2 Å².